The second-order valence-electron chi connectivity index (χ2n) is 3.10. The highest BCUT2D eigenvalue weighted by Gasteiger charge is 2.18. The van der Waals surface area contributed by atoms with E-state index in [1.54, 1.807) is 0 Å². The Morgan fingerprint density at radius 3 is 2.67 bits per heavy atom. The van der Waals surface area contributed by atoms with Crippen LogP contribution in [-0.2, 0) is 4.74 Å². The maximum atomic E-state index is 11.3. The number of hydrogen-bond acceptors (Lipinski definition) is 3. The van der Waals surface area contributed by atoms with Gasteiger partial charge in [-0.2, -0.15) is 0 Å². The van der Waals surface area contributed by atoms with E-state index in [1.165, 1.54) is 18.2 Å². The van der Waals surface area contributed by atoms with Crippen LogP contribution >= 0.6 is 23.2 Å². The third-order valence-corrected chi connectivity index (χ3v) is 2.69. The Hall–Kier alpha value is -1.72. The number of anilines is 1. The third-order valence-electron chi connectivity index (χ3n) is 1.88. The monoisotopic (exact) mass is 289 g/mol. The van der Waals surface area contributed by atoms with Crippen molar-refractivity contribution in [3.8, 4) is 0 Å². The molecular formula is C11H9Cl2NO4. The second kappa shape index (κ2) is 6.28. The number of aromatic carboxylic acids is 1. The summed E-state index contributed by atoms with van der Waals surface area (Å²) in [4.78, 5) is 22.3. The minimum Gasteiger partial charge on any atom is -0.478 e. The van der Waals surface area contributed by atoms with Crippen LogP contribution in [0, 0.1) is 0 Å². The summed E-state index contributed by atoms with van der Waals surface area (Å²) in [6.45, 7) is 3.36. The highest BCUT2D eigenvalue weighted by Crippen LogP contribution is 2.33. The van der Waals surface area contributed by atoms with Gasteiger partial charge in [0.1, 0.15) is 6.61 Å². The molecule has 0 fully saturated rings. The van der Waals surface area contributed by atoms with Crippen LogP contribution in [0.5, 0.6) is 0 Å². The molecule has 96 valence electrons. The Labute approximate surface area is 113 Å². The topological polar surface area (TPSA) is 75.6 Å². The number of benzene rings is 1. The fraction of sp³-hybridized carbons (Fsp3) is 0.0909. The molecular weight excluding hydrogens is 281 g/mol. The molecule has 0 spiro atoms. The highest BCUT2D eigenvalue weighted by atomic mass is 35.5. The van der Waals surface area contributed by atoms with Crippen LogP contribution in [0.4, 0.5) is 10.5 Å². The van der Waals surface area contributed by atoms with E-state index in [0.29, 0.717) is 0 Å². The van der Waals surface area contributed by atoms with Gasteiger partial charge in [-0.25, -0.2) is 9.59 Å². The summed E-state index contributed by atoms with van der Waals surface area (Å²) in [7, 11) is 0. The zero-order chi connectivity index (χ0) is 13.7. The Balaban J connectivity index is 3.05. The van der Waals surface area contributed by atoms with Crippen molar-refractivity contribution in [2.75, 3.05) is 11.9 Å². The normalized spacial score (nSPS) is 9.67. The van der Waals surface area contributed by atoms with Gasteiger partial charge in [-0.1, -0.05) is 35.9 Å². The molecule has 18 heavy (non-hydrogen) atoms. The van der Waals surface area contributed by atoms with Gasteiger partial charge in [0.2, 0.25) is 0 Å². The van der Waals surface area contributed by atoms with Gasteiger partial charge in [-0.3, -0.25) is 5.32 Å². The Bertz CT molecular complexity index is 502. The van der Waals surface area contributed by atoms with Crippen LogP contribution in [-0.4, -0.2) is 23.8 Å². The first-order valence-electron chi connectivity index (χ1n) is 4.73. The summed E-state index contributed by atoms with van der Waals surface area (Å²) >= 11 is 11.6. The predicted molar refractivity (Wildman–Crippen MR) is 68.6 cm³/mol. The van der Waals surface area contributed by atoms with E-state index in [2.05, 4.69) is 16.6 Å². The standard InChI is InChI=1S/C11H9Cl2NO4/c1-2-5-18-11(17)14-9-6(10(15)16)3-4-7(12)8(9)13/h2-4H,1,5H2,(H,14,17)(H,15,16). The molecule has 1 aromatic rings. The van der Waals surface area contributed by atoms with Crippen LogP contribution in [0.15, 0.2) is 24.8 Å². The van der Waals surface area contributed by atoms with Crippen molar-refractivity contribution >= 4 is 41.0 Å². The first kappa shape index (κ1) is 14.3. The van der Waals surface area contributed by atoms with Crippen molar-refractivity contribution in [2.45, 2.75) is 0 Å². The number of ether oxygens (including phenoxy) is 1. The number of rotatable bonds is 4. The van der Waals surface area contributed by atoms with Crippen LogP contribution < -0.4 is 5.32 Å². The van der Waals surface area contributed by atoms with Gasteiger partial charge in [0.05, 0.1) is 21.3 Å². The maximum Gasteiger partial charge on any atom is 0.412 e. The van der Waals surface area contributed by atoms with E-state index in [1.807, 2.05) is 0 Å². The van der Waals surface area contributed by atoms with E-state index < -0.39 is 12.1 Å². The van der Waals surface area contributed by atoms with E-state index in [0.717, 1.165) is 0 Å². The van der Waals surface area contributed by atoms with Gasteiger partial charge in [0, 0.05) is 0 Å². The number of hydrogen-bond donors (Lipinski definition) is 2. The Morgan fingerprint density at radius 2 is 2.11 bits per heavy atom. The van der Waals surface area contributed by atoms with E-state index in [-0.39, 0.29) is 27.9 Å². The number of carbonyl (C=O) groups is 2. The lowest BCUT2D eigenvalue weighted by Crippen LogP contribution is -2.16. The molecule has 1 amide bonds. The number of amides is 1. The molecule has 0 radical (unpaired) electrons. The van der Waals surface area contributed by atoms with Crippen LogP contribution in [0.1, 0.15) is 10.4 Å². The number of carboxylic acid groups (broad SMARTS) is 1. The van der Waals surface area contributed by atoms with Gasteiger partial charge in [-0.05, 0) is 12.1 Å². The molecule has 1 aromatic carbocycles. The molecule has 0 heterocycles. The molecule has 0 unspecified atom stereocenters. The molecule has 1 rings (SSSR count). The lowest BCUT2D eigenvalue weighted by Gasteiger charge is -2.11. The van der Waals surface area contributed by atoms with Gasteiger partial charge >= 0.3 is 12.1 Å². The summed E-state index contributed by atoms with van der Waals surface area (Å²) in [6, 6.07) is 2.56. The Kier molecular flexibility index (Phi) is 5.00. The van der Waals surface area contributed by atoms with Crippen molar-refractivity contribution in [1.82, 2.24) is 0 Å². The minimum absolute atomic E-state index is 0.00752. The highest BCUT2D eigenvalue weighted by molar-refractivity contribution is 6.44. The largest absolute Gasteiger partial charge is 0.478 e. The fourth-order valence-corrected chi connectivity index (χ4v) is 1.49. The summed E-state index contributed by atoms with van der Waals surface area (Å²) in [6.07, 6.45) is 0.527. The molecule has 0 saturated carbocycles. The molecule has 7 heteroatoms. The molecule has 0 bridgehead atoms. The number of nitrogens with one attached hydrogen (secondary N) is 1. The molecule has 0 aliphatic rings. The van der Waals surface area contributed by atoms with Crippen molar-refractivity contribution in [1.29, 1.82) is 0 Å². The molecule has 2 N–H and O–H groups in total. The lowest BCUT2D eigenvalue weighted by atomic mass is 10.2. The number of carbonyl (C=O) groups excluding carboxylic acids is 1. The average Bonchev–Trinajstić information content (AvgIpc) is 2.32. The Morgan fingerprint density at radius 1 is 1.44 bits per heavy atom. The van der Waals surface area contributed by atoms with E-state index >= 15 is 0 Å². The zero-order valence-electron chi connectivity index (χ0n) is 9.07. The van der Waals surface area contributed by atoms with Crippen LogP contribution in [0.25, 0.3) is 0 Å². The van der Waals surface area contributed by atoms with Crippen LogP contribution in [0.3, 0.4) is 0 Å². The molecule has 0 aliphatic carbocycles. The second-order valence-corrected chi connectivity index (χ2v) is 3.89. The average molecular weight is 290 g/mol. The smallest absolute Gasteiger partial charge is 0.412 e. The van der Waals surface area contributed by atoms with Crippen molar-refractivity contribution in [3.63, 3.8) is 0 Å². The summed E-state index contributed by atoms with van der Waals surface area (Å²) in [5.74, 6) is -1.24. The number of carboxylic acids is 1. The summed E-state index contributed by atoms with van der Waals surface area (Å²) in [5, 5.41) is 11.3. The van der Waals surface area contributed by atoms with Gasteiger partial charge in [-0.15, -0.1) is 0 Å². The zero-order valence-corrected chi connectivity index (χ0v) is 10.6. The quantitative estimate of drug-likeness (QED) is 0.833. The van der Waals surface area contributed by atoms with Crippen molar-refractivity contribution < 1.29 is 19.4 Å². The maximum absolute atomic E-state index is 11.3. The fourth-order valence-electron chi connectivity index (χ4n) is 1.12. The first-order chi connectivity index (χ1) is 8.47. The van der Waals surface area contributed by atoms with E-state index in [9.17, 15) is 9.59 Å². The van der Waals surface area contributed by atoms with Gasteiger partial charge < -0.3 is 9.84 Å². The summed E-state index contributed by atoms with van der Waals surface area (Å²) in [5.41, 5.74) is -0.286. The molecule has 0 aliphatic heterocycles. The third kappa shape index (κ3) is 3.38. The van der Waals surface area contributed by atoms with Crippen LogP contribution in [0.2, 0.25) is 10.0 Å². The molecule has 0 atom stereocenters. The SMILES string of the molecule is C=CCOC(=O)Nc1c(C(=O)O)ccc(Cl)c1Cl. The minimum atomic E-state index is -1.24. The van der Waals surface area contributed by atoms with Crippen molar-refractivity contribution in [3.05, 3.63) is 40.4 Å². The lowest BCUT2D eigenvalue weighted by molar-refractivity contribution is 0.0698. The molecule has 0 saturated heterocycles. The predicted octanol–water partition coefficient (Wildman–Crippen LogP) is 3.43. The van der Waals surface area contributed by atoms with Gasteiger partial charge in [0.25, 0.3) is 0 Å². The molecule has 5 nitrogen and oxygen atoms in total. The van der Waals surface area contributed by atoms with E-state index in [4.69, 9.17) is 28.3 Å². The molecule has 0 aromatic heterocycles. The first-order valence-corrected chi connectivity index (χ1v) is 5.49. The van der Waals surface area contributed by atoms with Crippen molar-refractivity contribution in [2.24, 2.45) is 0 Å². The number of halogens is 2. The summed E-state index contributed by atoms with van der Waals surface area (Å²) < 4.78 is 4.66. The van der Waals surface area contributed by atoms with Gasteiger partial charge in [0.15, 0.2) is 0 Å².